The van der Waals surface area contributed by atoms with Crippen molar-refractivity contribution >= 4 is 23.7 Å². The fourth-order valence-electron chi connectivity index (χ4n) is 2.53. The summed E-state index contributed by atoms with van der Waals surface area (Å²) in [6.07, 6.45) is 2.32. The Balaban J connectivity index is 1.39. The number of ether oxygens (including phenoxy) is 3. The van der Waals surface area contributed by atoms with Crippen molar-refractivity contribution in [3.8, 4) is 11.5 Å². The van der Waals surface area contributed by atoms with Gasteiger partial charge in [0, 0.05) is 24.4 Å². The number of fused-ring (bicyclic) bond motifs is 1. The Morgan fingerprint density at radius 2 is 1.79 bits per heavy atom. The average Bonchev–Trinajstić information content (AvgIpc) is 3.50. The van der Waals surface area contributed by atoms with Gasteiger partial charge < -0.3 is 19.5 Å². The second kappa shape index (κ2) is 9.20. The molecule has 150 valence electrons. The molecule has 3 rings (SSSR count). The number of ketones is 1. The van der Waals surface area contributed by atoms with E-state index in [4.69, 9.17) is 14.2 Å². The SMILES string of the molecule is O=C(COC(=O)CCC(=O)c1ccc2c(c1)OCCCO2)NC(=O)NC1CC1. The molecule has 0 saturated heterocycles. The van der Waals surface area contributed by atoms with Crippen molar-refractivity contribution in [2.24, 2.45) is 0 Å². The summed E-state index contributed by atoms with van der Waals surface area (Å²) in [6, 6.07) is 4.40. The second-order valence-corrected chi connectivity index (χ2v) is 6.59. The highest BCUT2D eigenvalue weighted by atomic mass is 16.5. The van der Waals surface area contributed by atoms with Crippen molar-refractivity contribution in [3.63, 3.8) is 0 Å². The Morgan fingerprint density at radius 1 is 1.04 bits per heavy atom. The summed E-state index contributed by atoms with van der Waals surface area (Å²) in [5.41, 5.74) is 0.409. The molecule has 1 aromatic carbocycles. The van der Waals surface area contributed by atoms with Crippen LogP contribution in [-0.4, -0.2) is 49.6 Å². The molecule has 3 amide bonds. The number of Topliss-reactive ketones (excluding diaryl/α,β-unsaturated/α-hetero) is 1. The maximum atomic E-state index is 12.3. The summed E-state index contributed by atoms with van der Waals surface area (Å²) in [7, 11) is 0. The Kier molecular flexibility index (Phi) is 6.46. The number of urea groups is 1. The fourth-order valence-corrected chi connectivity index (χ4v) is 2.53. The van der Waals surface area contributed by atoms with Gasteiger partial charge in [0.15, 0.2) is 23.9 Å². The monoisotopic (exact) mass is 390 g/mol. The number of nitrogens with one attached hydrogen (secondary N) is 2. The zero-order valence-electron chi connectivity index (χ0n) is 15.3. The van der Waals surface area contributed by atoms with Gasteiger partial charge in [0.25, 0.3) is 5.91 Å². The lowest BCUT2D eigenvalue weighted by molar-refractivity contribution is -0.148. The van der Waals surface area contributed by atoms with Gasteiger partial charge >= 0.3 is 12.0 Å². The molecular formula is C19H22N2O7. The standard InChI is InChI=1S/C19H22N2O7/c22-14(12-2-6-15-16(10-12)27-9-1-8-26-15)5-7-18(24)28-11-17(23)21-19(25)20-13-3-4-13/h2,6,10,13H,1,3-5,7-9,11H2,(H2,20,21,23,25). The summed E-state index contributed by atoms with van der Waals surface area (Å²) in [5, 5.41) is 4.65. The lowest BCUT2D eigenvalue weighted by Gasteiger charge is -2.09. The highest BCUT2D eigenvalue weighted by Crippen LogP contribution is 2.30. The van der Waals surface area contributed by atoms with Crippen molar-refractivity contribution < 1.29 is 33.4 Å². The van der Waals surface area contributed by atoms with E-state index in [0.29, 0.717) is 30.3 Å². The fraction of sp³-hybridized carbons (Fsp3) is 0.474. The van der Waals surface area contributed by atoms with Crippen LogP contribution in [0.3, 0.4) is 0 Å². The van der Waals surface area contributed by atoms with E-state index in [1.165, 1.54) is 0 Å². The summed E-state index contributed by atoms with van der Waals surface area (Å²) in [6.45, 7) is 0.495. The van der Waals surface area contributed by atoms with Gasteiger partial charge in [-0.2, -0.15) is 0 Å². The van der Waals surface area contributed by atoms with Gasteiger partial charge in [0.1, 0.15) is 0 Å². The van der Waals surface area contributed by atoms with Crippen LogP contribution in [0.25, 0.3) is 0 Å². The van der Waals surface area contributed by atoms with E-state index < -0.39 is 24.5 Å². The highest BCUT2D eigenvalue weighted by Gasteiger charge is 2.24. The average molecular weight is 390 g/mol. The summed E-state index contributed by atoms with van der Waals surface area (Å²) in [5.74, 6) is -0.570. The minimum absolute atomic E-state index is 0.0672. The normalized spacial score (nSPS) is 15.1. The van der Waals surface area contributed by atoms with Crippen LogP contribution in [0.5, 0.6) is 11.5 Å². The molecule has 0 spiro atoms. The number of carbonyl (C=O) groups excluding carboxylic acids is 4. The molecule has 28 heavy (non-hydrogen) atoms. The molecule has 1 saturated carbocycles. The molecule has 0 bridgehead atoms. The van der Waals surface area contributed by atoms with Crippen LogP contribution < -0.4 is 20.1 Å². The van der Waals surface area contributed by atoms with E-state index in [0.717, 1.165) is 19.3 Å². The number of carbonyl (C=O) groups is 4. The number of rotatable bonds is 7. The number of amides is 3. The van der Waals surface area contributed by atoms with Crippen LogP contribution in [0.4, 0.5) is 4.79 Å². The van der Waals surface area contributed by atoms with Crippen LogP contribution in [0, 0.1) is 0 Å². The molecule has 0 aromatic heterocycles. The third-order valence-corrected chi connectivity index (χ3v) is 4.16. The second-order valence-electron chi connectivity index (χ2n) is 6.59. The number of hydrogen-bond acceptors (Lipinski definition) is 7. The topological polar surface area (TPSA) is 120 Å². The summed E-state index contributed by atoms with van der Waals surface area (Å²) >= 11 is 0. The maximum absolute atomic E-state index is 12.3. The zero-order valence-corrected chi connectivity index (χ0v) is 15.3. The van der Waals surface area contributed by atoms with Crippen molar-refractivity contribution in [1.82, 2.24) is 10.6 Å². The first-order valence-corrected chi connectivity index (χ1v) is 9.20. The molecule has 2 aliphatic rings. The van der Waals surface area contributed by atoms with E-state index in [2.05, 4.69) is 10.6 Å². The van der Waals surface area contributed by atoms with E-state index in [1.807, 2.05) is 0 Å². The number of imide groups is 1. The molecule has 9 nitrogen and oxygen atoms in total. The lowest BCUT2D eigenvalue weighted by Crippen LogP contribution is -2.42. The first-order valence-electron chi connectivity index (χ1n) is 9.20. The van der Waals surface area contributed by atoms with Crippen molar-refractivity contribution in [2.75, 3.05) is 19.8 Å². The number of hydrogen-bond donors (Lipinski definition) is 2. The third-order valence-electron chi connectivity index (χ3n) is 4.16. The first kappa shape index (κ1) is 19.7. The molecule has 1 aromatic rings. The van der Waals surface area contributed by atoms with Gasteiger partial charge in [-0.25, -0.2) is 4.79 Å². The van der Waals surface area contributed by atoms with E-state index in [9.17, 15) is 19.2 Å². The molecule has 1 aliphatic carbocycles. The minimum Gasteiger partial charge on any atom is -0.490 e. The van der Waals surface area contributed by atoms with Crippen LogP contribution in [0.2, 0.25) is 0 Å². The van der Waals surface area contributed by atoms with Crippen LogP contribution in [0.1, 0.15) is 42.5 Å². The smallest absolute Gasteiger partial charge is 0.321 e. The van der Waals surface area contributed by atoms with Gasteiger partial charge in [-0.15, -0.1) is 0 Å². The van der Waals surface area contributed by atoms with Gasteiger partial charge in [0.2, 0.25) is 0 Å². The van der Waals surface area contributed by atoms with E-state index in [1.54, 1.807) is 18.2 Å². The van der Waals surface area contributed by atoms with Crippen LogP contribution in [0.15, 0.2) is 18.2 Å². The van der Waals surface area contributed by atoms with Crippen LogP contribution in [-0.2, 0) is 14.3 Å². The van der Waals surface area contributed by atoms with E-state index in [-0.39, 0.29) is 24.7 Å². The summed E-state index contributed by atoms with van der Waals surface area (Å²) < 4.78 is 15.8. The van der Waals surface area contributed by atoms with E-state index >= 15 is 0 Å². The van der Waals surface area contributed by atoms with Gasteiger partial charge in [0.05, 0.1) is 19.6 Å². The predicted molar refractivity (Wildman–Crippen MR) is 96.3 cm³/mol. The van der Waals surface area contributed by atoms with Crippen molar-refractivity contribution in [1.29, 1.82) is 0 Å². The molecule has 0 radical (unpaired) electrons. The van der Waals surface area contributed by atoms with Crippen molar-refractivity contribution in [2.45, 2.75) is 38.1 Å². The Hall–Kier alpha value is -3.10. The summed E-state index contributed by atoms with van der Waals surface area (Å²) in [4.78, 5) is 47.0. The first-order chi connectivity index (χ1) is 13.5. The van der Waals surface area contributed by atoms with Gasteiger partial charge in [-0.3, -0.25) is 19.7 Å². The van der Waals surface area contributed by atoms with Crippen LogP contribution >= 0.6 is 0 Å². The third kappa shape index (κ3) is 5.97. The van der Waals surface area contributed by atoms with Gasteiger partial charge in [-0.05, 0) is 31.0 Å². The molecule has 0 unspecified atom stereocenters. The molecule has 1 aliphatic heterocycles. The lowest BCUT2D eigenvalue weighted by atomic mass is 10.1. The highest BCUT2D eigenvalue weighted by molar-refractivity contribution is 5.98. The number of esters is 1. The number of benzene rings is 1. The predicted octanol–water partition coefficient (Wildman–Crippen LogP) is 1.34. The Labute approximate surface area is 161 Å². The Morgan fingerprint density at radius 3 is 2.54 bits per heavy atom. The molecule has 0 atom stereocenters. The zero-order chi connectivity index (χ0) is 19.9. The quantitative estimate of drug-likeness (QED) is 0.532. The molecule has 1 heterocycles. The Bertz CT molecular complexity index is 774. The van der Waals surface area contributed by atoms with Gasteiger partial charge in [-0.1, -0.05) is 0 Å². The maximum Gasteiger partial charge on any atom is 0.321 e. The van der Waals surface area contributed by atoms with Crippen molar-refractivity contribution in [3.05, 3.63) is 23.8 Å². The molecular weight excluding hydrogens is 368 g/mol. The molecule has 9 heteroatoms. The molecule has 1 fully saturated rings. The minimum atomic E-state index is -0.722. The largest absolute Gasteiger partial charge is 0.490 e. The molecule has 2 N–H and O–H groups in total.